The standard InChI is InChI=1S/C30H34N8O4/c1-30(2,3)42-29(41)37-20-9-10-22(37)17-36(25(39)14-20)21-11-12-24(31-16-21)33-28-32-15-18-13-23(27(40)35(4)5)38(26(18)34-28)19-7-6-8-19/h6-8,11-13,15-16,20,22H,9-10,14,17H2,1-5H3,(H,31,32,33,34). The van der Waals surface area contributed by atoms with Crippen LogP contribution in [0.5, 0.6) is 0 Å². The molecule has 2 fully saturated rings. The lowest BCUT2D eigenvalue weighted by atomic mass is 10.1. The summed E-state index contributed by atoms with van der Waals surface area (Å²) in [6.07, 6.45) is 10.5. The van der Waals surface area contributed by atoms with Crippen LogP contribution in [0.25, 0.3) is 16.7 Å². The number of carbonyl (C=O) groups is 3. The number of anilines is 3. The molecule has 42 heavy (non-hydrogen) atoms. The van der Waals surface area contributed by atoms with Gasteiger partial charge in [-0.3, -0.25) is 19.1 Å². The normalized spacial score (nSPS) is 19.8. The predicted octanol–water partition coefficient (Wildman–Crippen LogP) is 4.19. The second-order valence-corrected chi connectivity index (χ2v) is 12.0. The van der Waals surface area contributed by atoms with Crippen LogP contribution >= 0.6 is 0 Å². The minimum absolute atomic E-state index is 0.0461. The van der Waals surface area contributed by atoms with Crippen LogP contribution in [-0.2, 0) is 9.53 Å². The Balaban J connectivity index is 1.21. The average Bonchev–Trinajstić information content (AvgIpc) is 3.41. The fourth-order valence-electron chi connectivity index (χ4n) is 5.59. The van der Waals surface area contributed by atoms with Crippen LogP contribution in [-0.4, -0.2) is 85.6 Å². The molecule has 2 saturated heterocycles. The molecule has 12 nitrogen and oxygen atoms in total. The molecule has 2 aliphatic heterocycles. The van der Waals surface area contributed by atoms with Crippen LogP contribution < -0.4 is 10.2 Å². The number of carbonyl (C=O) groups excluding carboxylic acids is 3. The largest absolute Gasteiger partial charge is 0.444 e. The average molecular weight is 571 g/mol. The summed E-state index contributed by atoms with van der Waals surface area (Å²) in [5.74, 6) is 0.649. The quantitative estimate of drug-likeness (QED) is 0.484. The van der Waals surface area contributed by atoms with Crippen molar-refractivity contribution in [2.75, 3.05) is 30.9 Å². The Kier molecular flexibility index (Phi) is 6.71. The maximum Gasteiger partial charge on any atom is 0.410 e. The number of aromatic nitrogens is 4. The van der Waals surface area contributed by atoms with E-state index in [-0.39, 0.29) is 36.4 Å². The van der Waals surface area contributed by atoms with Crippen LogP contribution in [0, 0.1) is 0 Å². The third-order valence-corrected chi connectivity index (χ3v) is 7.59. The minimum atomic E-state index is -0.603. The number of nitrogens with zero attached hydrogens (tertiary/aromatic N) is 7. The minimum Gasteiger partial charge on any atom is -0.444 e. The second kappa shape index (κ2) is 10.3. The van der Waals surface area contributed by atoms with Gasteiger partial charge in [0.2, 0.25) is 11.9 Å². The monoisotopic (exact) mass is 570 g/mol. The van der Waals surface area contributed by atoms with Gasteiger partial charge in [0.05, 0.1) is 17.9 Å². The van der Waals surface area contributed by atoms with E-state index in [9.17, 15) is 14.4 Å². The molecule has 0 aromatic carbocycles. The fourth-order valence-corrected chi connectivity index (χ4v) is 5.59. The Labute approximate surface area is 243 Å². The number of hydrogen-bond donors (Lipinski definition) is 1. The first-order chi connectivity index (χ1) is 20.0. The molecule has 1 N–H and O–H groups in total. The number of hydrogen-bond acceptors (Lipinski definition) is 8. The summed E-state index contributed by atoms with van der Waals surface area (Å²) in [6, 6.07) is 5.10. The molecule has 0 radical (unpaired) electrons. The van der Waals surface area contributed by atoms with Crippen LogP contribution in [0.4, 0.5) is 22.2 Å². The van der Waals surface area contributed by atoms with Gasteiger partial charge in [-0.05, 0) is 64.0 Å². The maximum absolute atomic E-state index is 13.2. The molecular weight excluding hydrogens is 536 g/mol. The van der Waals surface area contributed by atoms with Crippen molar-refractivity contribution in [1.82, 2.24) is 29.3 Å². The van der Waals surface area contributed by atoms with Gasteiger partial charge in [0.1, 0.15) is 17.1 Å². The number of nitrogens with one attached hydrogen (secondary N) is 1. The van der Waals surface area contributed by atoms with Crippen LogP contribution in [0.3, 0.4) is 0 Å². The van der Waals surface area contributed by atoms with E-state index in [0.717, 1.165) is 23.9 Å². The Hall–Kier alpha value is -4.74. The summed E-state index contributed by atoms with van der Waals surface area (Å²) in [5.41, 5.74) is 2.02. The smallest absolute Gasteiger partial charge is 0.410 e. The van der Waals surface area contributed by atoms with Gasteiger partial charge >= 0.3 is 6.09 Å². The van der Waals surface area contributed by atoms with Gasteiger partial charge in [-0.25, -0.2) is 14.8 Å². The van der Waals surface area contributed by atoms with E-state index >= 15 is 0 Å². The Morgan fingerprint density at radius 1 is 1.10 bits per heavy atom. The molecule has 2 atom stereocenters. The lowest BCUT2D eigenvalue weighted by Gasteiger charge is -2.31. The molecule has 3 aliphatic rings. The summed E-state index contributed by atoms with van der Waals surface area (Å²) in [5, 5.41) is 3.87. The van der Waals surface area contributed by atoms with Gasteiger partial charge in [0.15, 0.2) is 5.65 Å². The zero-order chi connectivity index (χ0) is 29.8. The van der Waals surface area contributed by atoms with E-state index in [1.54, 1.807) is 48.4 Å². The maximum atomic E-state index is 13.2. The van der Waals surface area contributed by atoms with Crippen molar-refractivity contribution >= 4 is 52.1 Å². The number of fused-ring (bicyclic) bond motifs is 3. The first kappa shape index (κ1) is 27.4. The van der Waals surface area contributed by atoms with E-state index in [2.05, 4.69) is 20.3 Å². The SMILES string of the molecule is CN(C)C(=O)c1cc2cnc(Nc3ccc(N4CC5CCC(CC4=O)N5C(=O)OC(C)(C)C)cn3)nc2n1C1=CC=C1. The molecule has 12 heteroatoms. The van der Waals surface area contributed by atoms with Crippen molar-refractivity contribution in [3.8, 4) is 0 Å². The Morgan fingerprint density at radius 3 is 2.50 bits per heavy atom. The van der Waals surface area contributed by atoms with Gasteiger partial charge in [-0.15, -0.1) is 0 Å². The van der Waals surface area contributed by atoms with E-state index < -0.39 is 5.60 Å². The molecule has 3 aromatic rings. The topological polar surface area (TPSA) is 126 Å². The molecule has 0 spiro atoms. The molecule has 218 valence electrons. The highest BCUT2D eigenvalue weighted by atomic mass is 16.6. The van der Waals surface area contributed by atoms with Crippen molar-refractivity contribution in [2.24, 2.45) is 0 Å². The summed E-state index contributed by atoms with van der Waals surface area (Å²) in [4.78, 5) is 57.6. The summed E-state index contributed by atoms with van der Waals surface area (Å²) in [7, 11) is 3.42. The lowest BCUT2D eigenvalue weighted by Crippen LogP contribution is -2.45. The van der Waals surface area contributed by atoms with Gasteiger partial charge in [-0.2, -0.15) is 4.98 Å². The summed E-state index contributed by atoms with van der Waals surface area (Å²) >= 11 is 0. The van der Waals surface area contributed by atoms with Crippen molar-refractivity contribution in [3.05, 3.63) is 54.5 Å². The van der Waals surface area contributed by atoms with Crippen molar-refractivity contribution < 1.29 is 19.1 Å². The van der Waals surface area contributed by atoms with E-state index in [4.69, 9.17) is 4.74 Å². The third-order valence-electron chi connectivity index (χ3n) is 7.59. The predicted molar refractivity (Wildman–Crippen MR) is 158 cm³/mol. The number of rotatable bonds is 5. The first-order valence-electron chi connectivity index (χ1n) is 14.0. The molecule has 1 aliphatic carbocycles. The Morgan fingerprint density at radius 2 is 1.86 bits per heavy atom. The molecule has 3 aromatic heterocycles. The highest BCUT2D eigenvalue weighted by Gasteiger charge is 2.44. The zero-order valence-corrected chi connectivity index (χ0v) is 24.4. The Bertz CT molecular complexity index is 1630. The van der Waals surface area contributed by atoms with Crippen LogP contribution in [0.2, 0.25) is 0 Å². The summed E-state index contributed by atoms with van der Waals surface area (Å²) in [6.45, 7) is 5.92. The van der Waals surface area contributed by atoms with Crippen LogP contribution in [0.1, 0.15) is 50.5 Å². The molecule has 6 rings (SSSR count). The number of allylic oxidation sites excluding steroid dienone is 4. The van der Waals surface area contributed by atoms with Gasteiger partial charge in [0.25, 0.3) is 5.91 Å². The van der Waals surface area contributed by atoms with Crippen LogP contribution in [0.15, 0.2) is 48.8 Å². The third kappa shape index (κ3) is 5.08. The lowest BCUT2D eigenvalue weighted by molar-refractivity contribution is -0.119. The van der Waals surface area contributed by atoms with E-state index in [0.29, 0.717) is 35.3 Å². The number of pyridine rings is 1. The van der Waals surface area contributed by atoms with Gasteiger partial charge < -0.3 is 19.9 Å². The van der Waals surface area contributed by atoms with Gasteiger partial charge in [-0.1, -0.05) is 6.08 Å². The molecule has 0 saturated carbocycles. The van der Waals surface area contributed by atoms with E-state index in [1.165, 1.54) is 4.90 Å². The first-order valence-corrected chi connectivity index (χ1v) is 14.0. The molecular formula is C30H34N8O4. The molecule has 5 heterocycles. The van der Waals surface area contributed by atoms with E-state index in [1.807, 2.05) is 49.6 Å². The highest BCUT2D eigenvalue weighted by molar-refractivity contribution is 6.01. The second-order valence-electron chi connectivity index (χ2n) is 12.0. The molecule has 3 amide bonds. The molecule has 2 unspecified atom stereocenters. The van der Waals surface area contributed by atoms with Crippen molar-refractivity contribution in [1.29, 1.82) is 0 Å². The molecule has 2 bridgehead atoms. The van der Waals surface area contributed by atoms with Crippen molar-refractivity contribution in [3.63, 3.8) is 0 Å². The zero-order valence-electron chi connectivity index (χ0n) is 24.4. The number of ether oxygens (including phenoxy) is 1. The fraction of sp³-hybridized carbons (Fsp3) is 0.400. The number of amides is 3. The van der Waals surface area contributed by atoms with Crippen molar-refractivity contribution in [2.45, 2.75) is 57.7 Å². The highest BCUT2D eigenvalue weighted by Crippen LogP contribution is 2.34. The van der Waals surface area contributed by atoms with Gasteiger partial charge in [0, 0.05) is 50.4 Å². The summed E-state index contributed by atoms with van der Waals surface area (Å²) < 4.78 is 7.46.